The molecule has 0 atom stereocenters. The van der Waals surface area contributed by atoms with E-state index in [9.17, 15) is 0 Å². The van der Waals surface area contributed by atoms with Gasteiger partial charge in [-0.2, -0.15) is 0 Å². The molecule has 0 rings (SSSR count). The molecule has 3 nitrogen and oxygen atoms in total. The number of halogens is 2. The van der Waals surface area contributed by atoms with E-state index in [4.69, 9.17) is 15.0 Å². The Morgan fingerprint density at radius 3 is 1.29 bits per heavy atom. The van der Waals surface area contributed by atoms with Gasteiger partial charge in [-0.3, -0.25) is 0 Å². The van der Waals surface area contributed by atoms with Gasteiger partial charge in [0.05, 0.1) is 0 Å². The van der Waals surface area contributed by atoms with Crippen LogP contribution < -0.4 is 0 Å². The van der Waals surface area contributed by atoms with Crippen molar-refractivity contribution < 1.29 is 17.9 Å². The first kappa shape index (κ1) is 24.3. The molecule has 0 aromatic carbocycles. The molecule has 0 saturated heterocycles. The molecule has 0 amide bonds. The Morgan fingerprint density at radius 2 is 1.29 bits per heavy atom. The third kappa shape index (κ3) is 151. The first-order valence-electron chi connectivity index (χ1n) is 0.651. The Hall–Kier alpha value is 1.11. The maximum Gasteiger partial charge on any atom is 2.00 e. The van der Waals surface area contributed by atoms with E-state index < -0.39 is 6.16 Å². The molecule has 0 aliphatic rings. The summed E-state index contributed by atoms with van der Waals surface area (Å²) in [5, 5.41) is 13.9. The van der Waals surface area contributed by atoms with Crippen LogP contribution in [-0.2, 0) is 0 Å². The van der Waals surface area contributed by atoms with Crippen LogP contribution >= 0.6 is 24.8 Å². The van der Waals surface area contributed by atoms with Crippen molar-refractivity contribution in [2.45, 2.75) is 0 Å². The van der Waals surface area contributed by atoms with Crippen molar-refractivity contribution in [2.24, 2.45) is 0 Å². The molecule has 0 aliphatic heterocycles. The van der Waals surface area contributed by atoms with Crippen LogP contribution in [0.15, 0.2) is 0 Å². The van der Waals surface area contributed by atoms with Crippen LogP contribution in [0, 0.1) is 0 Å². The second-order valence-corrected chi connectivity index (χ2v) is 0.283. The second-order valence-electron chi connectivity index (χ2n) is 0.283. The number of hydrogen-bond acceptors (Lipinski definition) is 1. The SMILES string of the molecule is Cl.Cl.O=C(O)O.[Ca+2].[H-].[H-]. The molecule has 0 aromatic rings. The van der Waals surface area contributed by atoms with E-state index in [1.165, 1.54) is 0 Å². The van der Waals surface area contributed by atoms with Crippen LogP contribution in [0.3, 0.4) is 0 Å². The van der Waals surface area contributed by atoms with Gasteiger partial charge in [0.2, 0.25) is 0 Å². The molecule has 44 valence electrons. The van der Waals surface area contributed by atoms with Gasteiger partial charge in [0.15, 0.2) is 0 Å². The molecule has 0 aliphatic carbocycles. The van der Waals surface area contributed by atoms with Crippen molar-refractivity contribution in [3.63, 3.8) is 0 Å². The summed E-state index contributed by atoms with van der Waals surface area (Å²) in [7, 11) is 0. The minimum atomic E-state index is -1.83. The molecule has 0 spiro atoms. The van der Waals surface area contributed by atoms with Crippen LogP contribution in [0.1, 0.15) is 2.85 Å². The largest absolute Gasteiger partial charge is 2.00 e. The average molecular weight is 177 g/mol. The Kier molecular flexibility index (Phi) is 54.5. The first-order valence-corrected chi connectivity index (χ1v) is 0.651. The zero-order chi connectivity index (χ0) is 3.58. The molecule has 0 aromatic heterocycles. The van der Waals surface area contributed by atoms with Crippen LogP contribution in [0.4, 0.5) is 4.79 Å². The fourth-order valence-corrected chi connectivity index (χ4v) is 0. The molecule has 7 heavy (non-hydrogen) atoms. The molecule has 0 unspecified atom stereocenters. The number of rotatable bonds is 0. The zero-order valence-electron chi connectivity index (χ0n) is 5.33. The monoisotopic (exact) mass is 176 g/mol. The predicted octanol–water partition coefficient (Wildman–Crippen LogP) is 0.910. The first-order chi connectivity index (χ1) is 1.73. The van der Waals surface area contributed by atoms with Crippen LogP contribution in [-0.4, -0.2) is 54.1 Å². The topological polar surface area (TPSA) is 57.5 Å². The second kappa shape index (κ2) is 15.7. The smallest absolute Gasteiger partial charge is 1.00 e. The van der Waals surface area contributed by atoms with Crippen LogP contribution in [0.2, 0.25) is 0 Å². The third-order valence-corrected chi connectivity index (χ3v) is 0. The van der Waals surface area contributed by atoms with Crippen molar-refractivity contribution in [1.29, 1.82) is 0 Å². The van der Waals surface area contributed by atoms with E-state index in [0.29, 0.717) is 0 Å². The summed E-state index contributed by atoms with van der Waals surface area (Å²) in [5.74, 6) is 0. The van der Waals surface area contributed by atoms with Crippen molar-refractivity contribution in [1.82, 2.24) is 0 Å². The van der Waals surface area contributed by atoms with Crippen molar-refractivity contribution in [2.75, 3.05) is 0 Å². The number of carboxylic acid groups (broad SMARTS) is 2. The minimum Gasteiger partial charge on any atom is -1.00 e. The van der Waals surface area contributed by atoms with Gasteiger partial charge in [-0.15, -0.1) is 24.8 Å². The van der Waals surface area contributed by atoms with E-state index in [1.807, 2.05) is 0 Å². The summed E-state index contributed by atoms with van der Waals surface area (Å²) in [6, 6.07) is 0. The normalized spacial score (nSPS) is 3.43. The van der Waals surface area contributed by atoms with Gasteiger partial charge in [-0.05, 0) is 0 Å². The molecule has 6 heteroatoms. The van der Waals surface area contributed by atoms with Gasteiger partial charge in [-0.25, -0.2) is 4.79 Å². The molecule has 2 N–H and O–H groups in total. The summed E-state index contributed by atoms with van der Waals surface area (Å²) < 4.78 is 0. The molecule has 0 bridgehead atoms. The Balaban J connectivity index is -0.00000000450. The summed E-state index contributed by atoms with van der Waals surface area (Å²) >= 11 is 0. The van der Waals surface area contributed by atoms with Gasteiger partial charge in [0.1, 0.15) is 0 Å². The number of hydrogen-bond donors (Lipinski definition) is 2. The van der Waals surface area contributed by atoms with E-state index in [0.717, 1.165) is 0 Å². The van der Waals surface area contributed by atoms with E-state index >= 15 is 0 Å². The van der Waals surface area contributed by atoms with Gasteiger partial charge in [0, 0.05) is 0 Å². The van der Waals surface area contributed by atoms with Crippen LogP contribution in [0.25, 0.3) is 0 Å². The van der Waals surface area contributed by atoms with E-state index in [-0.39, 0.29) is 65.4 Å². The molecule has 0 radical (unpaired) electrons. The fraction of sp³-hybridized carbons (Fsp3) is 0. The Bertz CT molecular complexity index is 42.8. The predicted molar refractivity (Wildman–Crippen MR) is 33.1 cm³/mol. The zero-order valence-corrected chi connectivity index (χ0v) is 7.17. The van der Waals surface area contributed by atoms with Crippen LogP contribution in [0.5, 0.6) is 0 Å². The van der Waals surface area contributed by atoms with E-state index in [1.54, 1.807) is 0 Å². The minimum absolute atomic E-state index is 0. The molecular weight excluding hydrogens is 171 g/mol. The van der Waals surface area contributed by atoms with Crippen molar-refractivity contribution >= 4 is 68.7 Å². The maximum atomic E-state index is 8.56. The summed E-state index contributed by atoms with van der Waals surface area (Å²) in [6.07, 6.45) is -1.83. The van der Waals surface area contributed by atoms with Gasteiger partial charge >= 0.3 is 43.9 Å². The Morgan fingerprint density at radius 1 is 1.29 bits per heavy atom. The average Bonchev–Trinajstić information content (AvgIpc) is 0.811. The summed E-state index contributed by atoms with van der Waals surface area (Å²) in [6.45, 7) is 0. The van der Waals surface area contributed by atoms with Crippen molar-refractivity contribution in [3.05, 3.63) is 0 Å². The molecular formula is CH6CaCl2O3. The summed E-state index contributed by atoms with van der Waals surface area (Å²) in [4.78, 5) is 8.56. The summed E-state index contributed by atoms with van der Waals surface area (Å²) in [5.41, 5.74) is 0. The molecule has 0 heterocycles. The third-order valence-electron chi connectivity index (χ3n) is 0. The van der Waals surface area contributed by atoms with E-state index in [2.05, 4.69) is 0 Å². The van der Waals surface area contributed by atoms with Gasteiger partial charge < -0.3 is 13.1 Å². The van der Waals surface area contributed by atoms with Gasteiger partial charge in [-0.1, -0.05) is 0 Å². The maximum absolute atomic E-state index is 8.56. The fourth-order valence-electron chi connectivity index (χ4n) is 0. The quantitative estimate of drug-likeness (QED) is 0.540. The molecule has 0 fully saturated rings. The Labute approximate surface area is 85.9 Å². The van der Waals surface area contributed by atoms with Gasteiger partial charge in [0.25, 0.3) is 0 Å². The molecule has 0 saturated carbocycles. The number of carbonyl (C=O) groups is 1. The van der Waals surface area contributed by atoms with Crippen molar-refractivity contribution in [3.8, 4) is 0 Å². The standard InChI is InChI=1S/CH2O3.Ca.2ClH.2H/c2-1(3)4;;;;;/h(H2,2,3,4);;2*1H;;/q;+2;;;2*-1.